The molecule has 0 saturated heterocycles. The van der Waals surface area contributed by atoms with E-state index in [1.165, 1.54) is 5.01 Å². The summed E-state index contributed by atoms with van der Waals surface area (Å²) in [6.07, 6.45) is 1.78. The molecular formula is C27H25ClN2O4. The van der Waals surface area contributed by atoms with Gasteiger partial charge in [0.2, 0.25) is 0 Å². The first-order valence-electron chi connectivity index (χ1n) is 10.8. The van der Waals surface area contributed by atoms with Gasteiger partial charge in [0.15, 0.2) is 0 Å². The van der Waals surface area contributed by atoms with Crippen molar-refractivity contribution in [3.8, 4) is 17.2 Å². The van der Waals surface area contributed by atoms with Gasteiger partial charge in [-0.2, -0.15) is 10.1 Å². The number of carbonyl (C=O) groups excluding carboxylic acids is 1. The lowest BCUT2D eigenvalue weighted by Crippen LogP contribution is -2.21. The number of hydrogen-bond acceptors (Lipinski definition) is 5. The Labute approximate surface area is 204 Å². The second-order valence-electron chi connectivity index (χ2n) is 7.71. The van der Waals surface area contributed by atoms with E-state index in [0.29, 0.717) is 46.7 Å². The number of ether oxygens (including phenoxy) is 3. The van der Waals surface area contributed by atoms with Crippen LogP contribution in [0, 0.1) is 6.92 Å². The number of hydrogen-bond donors (Lipinski definition) is 0. The van der Waals surface area contributed by atoms with Gasteiger partial charge >= 0.3 is 0 Å². The molecular weight excluding hydrogens is 452 g/mol. The Hall–Kier alpha value is -3.77. The van der Waals surface area contributed by atoms with Gasteiger partial charge in [-0.25, -0.2) is 0 Å². The molecule has 0 N–H and O–H groups in total. The van der Waals surface area contributed by atoms with Crippen LogP contribution in [0.5, 0.6) is 17.2 Å². The molecule has 1 aliphatic heterocycles. The molecule has 0 bridgehead atoms. The Morgan fingerprint density at radius 3 is 2.41 bits per heavy atom. The number of rotatable bonds is 8. The summed E-state index contributed by atoms with van der Waals surface area (Å²) in [5.41, 5.74) is 3.51. The Kier molecular flexibility index (Phi) is 7.18. The van der Waals surface area contributed by atoms with E-state index in [9.17, 15) is 4.79 Å². The molecule has 1 amide bonds. The monoisotopic (exact) mass is 476 g/mol. The van der Waals surface area contributed by atoms with E-state index in [1.807, 2.05) is 80.6 Å². The van der Waals surface area contributed by atoms with E-state index in [4.69, 9.17) is 25.8 Å². The standard InChI is InChI=1S/C27H25ClN2O4/c1-18-15-23(9-11-25(18)28)33-13-14-34-26-12-10-22(32-3)16-20(26)17-24-19(2)29-30(27(24)31)21-7-5-4-6-8-21/h4-12,15-17H,13-14H2,1-3H3/b24-17+. The van der Waals surface area contributed by atoms with Crippen LogP contribution < -0.4 is 19.2 Å². The highest BCUT2D eigenvalue weighted by Gasteiger charge is 2.29. The molecule has 0 fully saturated rings. The van der Waals surface area contributed by atoms with E-state index in [0.717, 1.165) is 16.9 Å². The number of carbonyl (C=O) groups is 1. The lowest BCUT2D eigenvalue weighted by atomic mass is 10.1. The third kappa shape index (κ3) is 5.24. The maximum atomic E-state index is 13.1. The summed E-state index contributed by atoms with van der Waals surface area (Å²) in [7, 11) is 1.60. The first-order chi connectivity index (χ1) is 16.5. The van der Waals surface area contributed by atoms with Crippen LogP contribution in [0.2, 0.25) is 5.02 Å². The van der Waals surface area contributed by atoms with Crippen molar-refractivity contribution in [2.45, 2.75) is 13.8 Å². The van der Waals surface area contributed by atoms with Crippen LogP contribution >= 0.6 is 11.6 Å². The third-order valence-electron chi connectivity index (χ3n) is 5.32. The predicted octanol–water partition coefficient (Wildman–Crippen LogP) is 5.92. The fraction of sp³-hybridized carbons (Fsp3) is 0.185. The van der Waals surface area contributed by atoms with Crippen molar-refractivity contribution in [2.75, 3.05) is 25.3 Å². The van der Waals surface area contributed by atoms with Crippen molar-refractivity contribution in [3.05, 3.63) is 88.5 Å². The molecule has 34 heavy (non-hydrogen) atoms. The normalized spacial score (nSPS) is 14.4. The molecule has 0 aliphatic carbocycles. The van der Waals surface area contributed by atoms with Crippen molar-refractivity contribution in [1.29, 1.82) is 0 Å². The van der Waals surface area contributed by atoms with Gasteiger partial charge in [-0.1, -0.05) is 29.8 Å². The van der Waals surface area contributed by atoms with Crippen LogP contribution in [0.25, 0.3) is 6.08 Å². The Morgan fingerprint density at radius 2 is 1.68 bits per heavy atom. The second-order valence-corrected chi connectivity index (χ2v) is 8.11. The molecule has 3 aromatic carbocycles. The summed E-state index contributed by atoms with van der Waals surface area (Å²) in [4.78, 5) is 13.1. The lowest BCUT2D eigenvalue weighted by Gasteiger charge is -2.13. The molecule has 6 nitrogen and oxygen atoms in total. The second kappa shape index (κ2) is 10.4. The first kappa shape index (κ1) is 23.4. The van der Waals surface area contributed by atoms with Crippen molar-refractivity contribution in [2.24, 2.45) is 5.10 Å². The zero-order chi connectivity index (χ0) is 24.1. The summed E-state index contributed by atoms with van der Waals surface area (Å²) in [5, 5.41) is 6.55. The minimum Gasteiger partial charge on any atom is -0.497 e. The summed E-state index contributed by atoms with van der Waals surface area (Å²) < 4.78 is 17.1. The molecule has 1 heterocycles. The maximum absolute atomic E-state index is 13.1. The van der Waals surface area contributed by atoms with Gasteiger partial charge in [0, 0.05) is 10.6 Å². The fourth-order valence-corrected chi connectivity index (χ4v) is 3.62. The molecule has 0 aromatic heterocycles. The van der Waals surface area contributed by atoms with Crippen LogP contribution in [-0.2, 0) is 4.79 Å². The number of halogens is 1. The van der Waals surface area contributed by atoms with Gasteiger partial charge < -0.3 is 14.2 Å². The van der Waals surface area contributed by atoms with Gasteiger partial charge in [0.1, 0.15) is 30.5 Å². The summed E-state index contributed by atoms with van der Waals surface area (Å²) in [6.45, 7) is 4.42. The number of para-hydroxylation sites is 1. The average molecular weight is 477 g/mol. The van der Waals surface area contributed by atoms with Crippen LogP contribution in [0.15, 0.2) is 77.4 Å². The number of benzene rings is 3. The minimum atomic E-state index is -0.195. The Bertz CT molecular complexity index is 1250. The lowest BCUT2D eigenvalue weighted by molar-refractivity contribution is -0.114. The Balaban J connectivity index is 1.50. The maximum Gasteiger partial charge on any atom is 0.280 e. The predicted molar refractivity (Wildman–Crippen MR) is 135 cm³/mol. The van der Waals surface area contributed by atoms with Gasteiger partial charge in [0.05, 0.1) is 24.1 Å². The number of amides is 1. The number of aryl methyl sites for hydroxylation is 1. The highest BCUT2D eigenvalue weighted by Crippen LogP contribution is 2.30. The molecule has 0 spiro atoms. The number of methoxy groups -OCH3 is 1. The largest absolute Gasteiger partial charge is 0.497 e. The summed E-state index contributed by atoms with van der Waals surface area (Å²) in [5.74, 6) is 1.81. The van der Waals surface area contributed by atoms with E-state index >= 15 is 0 Å². The molecule has 1 aliphatic rings. The van der Waals surface area contributed by atoms with Crippen LogP contribution in [0.3, 0.4) is 0 Å². The highest BCUT2D eigenvalue weighted by atomic mass is 35.5. The highest BCUT2D eigenvalue weighted by molar-refractivity contribution is 6.32. The summed E-state index contributed by atoms with van der Waals surface area (Å²) >= 11 is 6.07. The van der Waals surface area contributed by atoms with Crippen LogP contribution in [0.4, 0.5) is 5.69 Å². The first-order valence-corrected chi connectivity index (χ1v) is 11.2. The van der Waals surface area contributed by atoms with Crippen molar-refractivity contribution in [3.63, 3.8) is 0 Å². The molecule has 0 unspecified atom stereocenters. The van der Waals surface area contributed by atoms with Gasteiger partial charge in [-0.3, -0.25) is 4.79 Å². The zero-order valence-electron chi connectivity index (χ0n) is 19.2. The van der Waals surface area contributed by atoms with Gasteiger partial charge in [-0.05, 0) is 74.0 Å². The summed E-state index contributed by atoms with van der Waals surface area (Å²) in [6, 6.07) is 20.3. The quantitative estimate of drug-likeness (QED) is 0.299. The zero-order valence-corrected chi connectivity index (χ0v) is 20.0. The molecule has 0 atom stereocenters. The van der Waals surface area contributed by atoms with Crippen LogP contribution in [0.1, 0.15) is 18.1 Å². The number of hydrazone groups is 1. The minimum absolute atomic E-state index is 0.195. The van der Waals surface area contributed by atoms with Crippen molar-refractivity contribution in [1.82, 2.24) is 0 Å². The fourth-order valence-electron chi connectivity index (χ4n) is 3.50. The SMILES string of the molecule is COc1ccc(OCCOc2ccc(Cl)c(C)c2)c(/C=C2/C(=O)N(c3ccccc3)N=C2C)c1. The molecule has 174 valence electrons. The molecule has 0 saturated carbocycles. The molecule has 4 rings (SSSR count). The third-order valence-corrected chi connectivity index (χ3v) is 5.74. The van der Waals surface area contributed by atoms with Gasteiger partial charge in [0.25, 0.3) is 5.91 Å². The topological polar surface area (TPSA) is 60.4 Å². The van der Waals surface area contributed by atoms with E-state index in [2.05, 4.69) is 5.10 Å². The Morgan fingerprint density at radius 1 is 0.941 bits per heavy atom. The number of nitrogens with zero attached hydrogens (tertiary/aromatic N) is 2. The van der Waals surface area contributed by atoms with Crippen molar-refractivity contribution < 1.29 is 19.0 Å². The molecule has 0 radical (unpaired) electrons. The van der Waals surface area contributed by atoms with E-state index in [1.54, 1.807) is 13.2 Å². The molecule has 7 heteroatoms. The van der Waals surface area contributed by atoms with E-state index in [-0.39, 0.29) is 5.91 Å². The molecule has 3 aromatic rings. The average Bonchev–Trinajstić information content (AvgIpc) is 3.13. The van der Waals surface area contributed by atoms with E-state index < -0.39 is 0 Å². The van der Waals surface area contributed by atoms with Crippen molar-refractivity contribution >= 4 is 35.0 Å². The van der Waals surface area contributed by atoms with Gasteiger partial charge in [-0.15, -0.1) is 0 Å². The van der Waals surface area contributed by atoms with Crippen LogP contribution in [-0.4, -0.2) is 31.9 Å². The number of anilines is 1. The smallest absolute Gasteiger partial charge is 0.280 e.